The first-order valence-electron chi connectivity index (χ1n) is 6.59. The maximum Gasteiger partial charge on any atom is 0.316 e. The molecule has 0 bridgehead atoms. The standard InChI is InChI=1S/C16H12Cl2FNO3/c17-14-2-1-3-15(18)13(14)10-22-20-9-8-16(21)23-12-6-4-11(19)5-7-12/h1-7,9H,8,10H2. The van der Waals surface area contributed by atoms with Crippen LogP contribution in [0.25, 0.3) is 0 Å². The number of ether oxygens (including phenoxy) is 1. The fourth-order valence-corrected chi connectivity index (χ4v) is 2.12. The number of carbonyl (C=O) groups is 1. The average Bonchev–Trinajstić information content (AvgIpc) is 2.52. The summed E-state index contributed by atoms with van der Waals surface area (Å²) in [5.74, 6) is -0.689. The second-order valence-corrected chi connectivity index (χ2v) is 5.21. The first kappa shape index (κ1) is 17.2. The van der Waals surface area contributed by atoms with Crippen LogP contribution in [-0.2, 0) is 16.2 Å². The molecule has 0 radical (unpaired) electrons. The highest BCUT2D eigenvalue weighted by Crippen LogP contribution is 2.24. The summed E-state index contributed by atoms with van der Waals surface area (Å²) >= 11 is 12.0. The molecule has 0 fully saturated rings. The van der Waals surface area contributed by atoms with Crippen molar-refractivity contribution < 1.29 is 18.8 Å². The second-order valence-electron chi connectivity index (χ2n) is 4.39. The summed E-state index contributed by atoms with van der Waals surface area (Å²) in [5.41, 5.74) is 0.613. The van der Waals surface area contributed by atoms with Gasteiger partial charge in [0.05, 0.1) is 12.6 Å². The number of halogens is 3. The normalized spacial score (nSPS) is 10.7. The van der Waals surface area contributed by atoms with E-state index in [9.17, 15) is 9.18 Å². The monoisotopic (exact) mass is 355 g/mol. The summed E-state index contributed by atoms with van der Waals surface area (Å²) in [6, 6.07) is 10.2. The van der Waals surface area contributed by atoms with E-state index in [1.54, 1.807) is 18.2 Å². The molecule has 2 rings (SSSR count). The summed E-state index contributed by atoms with van der Waals surface area (Å²) in [5, 5.41) is 4.59. The Morgan fingerprint density at radius 1 is 1.13 bits per heavy atom. The van der Waals surface area contributed by atoms with Crippen molar-refractivity contribution in [2.75, 3.05) is 0 Å². The molecule has 120 valence electrons. The minimum absolute atomic E-state index is 0.0853. The van der Waals surface area contributed by atoms with Crippen LogP contribution in [0.1, 0.15) is 12.0 Å². The summed E-state index contributed by atoms with van der Waals surface area (Å²) in [7, 11) is 0. The van der Waals surface area contributed by atoms with Gasteiger partial charge in [-0.05, 0) is 36.4 Å². The molecule has 0 atom stereocenters. The van der Waals surface area contributed by atoms with E-state index in [4.69, 9.17) is 32.8 Å². The number of esters is 1. The van der Waals surface area contributed by atoms with Crippen LogP contribution in [0, 0.1) is 5.82 Å². The highest BCUT2D eigenvalue weighted by molar-refractivity contribution is 6.35. The zero-order valence-electron chi connectivity index (χ0n) is 11.8. The van der Waals surface area contributed by atoms with E-state index in [0.717, 1.165) is 0 Å². The highest BCUT2D eigenvalue weighted by atomic mass is 35.5. The lowest BCUT2D eigenvalue weighted by molar-refractivity contribution is -0.132. The predicted octanol–water partition coefficient (Wildman–Crippen LogP) is 4.63. The van der Waals surface area contributed by atoms with Crippen LogP contribution < -0.4 is 4.74 Å². The van der Waals surface area contributed by atoms with E-state index in [0.29, 0.717) is 15.6 Å². The van der Waals surface area contributed by atoms with Gasteiger partial charge in [0, 0.05) is 15.6 Å². The number of benzene rings is 2. The number of carbonyl (C=O) groups excluding carboxylic acids is 1. The smallest absolute Gasteiger partial charge is 0.316 e. The summed E-state index contributed by atoms with van der Waals surface area (Å²) < 4.78 is 17.7. The lowest BCUT2D eigenvalue weighted by Gasteiger charge is -2.05. The zero-order valence-corrected chi connectivity index (χ0v) is 13.4. The largest absolute Gasteiger partial charge is 0.426 e. The lowest BCUT2D eigenvalue weighted by atomic mass is 10.2. The first-order valence-corrected chi connectivity index (χ1v) is 7.35. The van der Waals surface area contributed by atoms with E-state index in [-0.39, 0.29) is 18.8 Å². The van der Waals surface area contributed by atoms with Gasteiger partial charge in [-0.3, -0.25) is 4.79 Å². The van der Waals surface area contributed by atoms with Gasteiger partial charge in [0.25, 0.3) is 0 Å². The second kappa shape index (κ2) is 8.50. The van der Waals surface area contributed by atoms with Crippen molar-refractivity contribution >= 4 is 35.4 Å². The molecule has 0 aromatic heterocycles. The van der Waals surface area contributed by atoms with Crippen molar-refractivity contribution in [3.8, 4) is 5.75 Å². The highest BCUT2D eigenvalue weighted by Gasteiger charge is 2.06. The molecular formula is C16H12Cl2FNO3. The molecular weight excluding hydrogens is 344 g/mol. The fourth-order valence-electron chi connectivity index (χ4n) is 1.61. The van der Waals surface area contributed by atoms with Crippen molar-refractivity contribution in [1.82, 2.24) is 0 Å². The number of nitrogens with zero attached hydrogens (tertiary/aromatic N) is 1. The van der Waals surface area contributed by atoms with Crippen molar-refractivity contribution in [2.45, 2.75) is 13.0 Å². The molecule has 0 aliphatic heterocycles. The maximum absolute atomic E-state index is 12.7. The molecule has 0 aliphatic rings. The van der Waals surface area contributed by atoms with E-state index in [1.807, 2.05) is 0 Å². The lowest BCUT2D eigenvalue weighted by Crippen LogP contribution is -2.08. The van der Waals surface area contributed by atoms with Gasteiger partial charge in [-0.25, -0.2) is 4.39 Å². The molecule has 0 amide bonds. The molecule has 0 aliphatic carbocycles. The number of hydrogen-bond acceptors (Lipinski definition) is 4. The van der Waals surface area contributed by atoms with Crippen LogP contribution >= 0.6 is 23.2 Å². The predicted molar refractivity (Wildman–Crippen MR) is 86.4 cm³/mol. The third kappa shape index (κ3) is 5.54. The van der Waals surface area contributed by atoms with Crippen molar-refractivity contribution in [1.29, 1.82) is 0 Å². The Bertz CT molecular complexity index is 685. The first-order chi connectivity index (χ1) is 11.1. The van der Waals surface area contributed by atoms with Gasteiger partial charge in [0.15, 0.2) is 0 Å². The van der Waals surface area contributed by atoms with Gasteiger partial charge in [0.1, 0.15) is 18.2 Å². The van der Waals surface area contributed by atoms with E-state index < -0.39 is 11.8 Å². The molecule has 0 heterocycles. The topological polar surface area (TPSA) is 47.9 Å². The van der Waals surface area contributed by atoms with Gasteiger partial charge in [0.2, 0.25) is 0 Å². The van der Waals surface area contributed by atoms with Crippen LogP contribution in [0.5, 0.6) is 5.75 Å². The minimum atomic E-state index is -0.542. The molecule has 2 aromatic carbocycles. The Balaban J connectivity index is 1.76. The van der Waals surface area contributed by atoms with Gasteiger partial charge in [-0.1, -0.05) is 34.4 Å². The molecule has 0 saturated carbocycles. The van der Waals surface area contributed by atoms with Crippen LogP contribution in [0.3, 0.4) is 0 Å². The van der Waals surface area contributed by atoms with Crippen molar-refractivity contribution in [3.05, 3.63) is 63.9 Å². The van der Waals surface area contributed by atoms with Gasteiger partial charge >= 0.3 is 5.97 Å². The Morgan fingerprint density at radius 3 is 2.43 bits per heavy atom. The number of hydrogen-bond donors (Lipinski definition) is 0. The summed E-state index contributed by atoms with van der Waals surface area (Å²) in [4.78, 5) is 16.6. The van der Waals surface area contributed by atoms with Crippen LogP contribution in [0.4, 0.5) is 4.39 Å². The average molecular weight is 356 g/mol. The molecule has 2 aromatic rings. The van der Waals surface area contributed by atoms with Crippen LogP contribution in [-0.4, -0.2) is 12.2 Å². The van der Waals surface area contributed by atoms with Gasteiger partial charge in [-0.15, -0.1) is 0 Å². The Hall–Kier alpha value is -2.11. The van der Waals surface area contributed by atoms with E-state index >= 15 is 0 Å². The molecule has 0 spiro atoms. The molecule has 0 unspecified atom stereocenters. The Labute approximate surface area is 142 Å². The molecule has 23 heavy (non-hydrogen) atoms. The Morgan fingerprint density at radius 2 is 1.78 bits per heavy atom. The SMILES string of the molecule is O=C(CC=NOCc1c(Cl)cccc1Cl)Oc1ccc(F)cc1. The zero-order chi connectivity index (χ0) is 16.7. The third-order valence-corrected chi connectivity index (χ3v) is 3.43. The van der Waals surface area contributed by atoms with E-state index in [1.165, 1.54) is 30.5 Å². The summed E-state index contributed by atoms with van der Waals surface area (Å²) in [6.45, 7) is 0.0853. The van der Waals surface area contributed by atoms with Gasteiger partial charge < -0.3 is 9.57 Å². The van der Waals surface area contributed by atoms with Gasteiger partial charge in [-0.2, -0.15) is 0 Å². The third-order valence-electron chi connectivity index (χ3n) is 2.72. The van der Waals surface area contributed by atoms with E-state index in [2.05, 4.69) is 5.16 Å². The molecule has 7 heteroatoms. The molecule has 4 nitrogen and oxygen atoms in total. The molecule has 0 N–H and O–H groups in total. The Kier molecular flexibility index (Phi) is 6.38. The van der Waals surface area contributed by atoms with Crippen LogP contribution in [0.2, 0.25) is 10.0 Å². The molecule has 0 saturated heterocycles. The van der Waals surface area contributed by atoms with Crippen molar-refractivity contribution in [3.63, 3.8) is 0 Å². The number of rotatable bonds is 6. The maximum atomic E-state index is 12.7. The summed E-state index contributed by atoms with van der Waals surface area (Å²) in [6.07, 6.45) is 1.17. The number of oxime groups is 1. The minimum Gasteiger partial charge on any atom is -0.426 e. The quantitative estimate of drug-likeness (QED) is 0.328. The van der Waals surface area contributed by atoms with Crippen molar-refractivity contribution in [2.24, 2.45) is 5.16 Å². The fraction of sp³-hybridized carbons (Fsp3) is 0.125. The van der Waals surface area contributed by atoms with Crippen LogP contribution in [0.15, 0.2) is 47.6 Å².